The molecule has 15 heavy (non-hydrogen) atoms. The summed E-state index contributed by atoms with van der Waals surface area (Å²) in [4.78, 5) is 7.07. The minimum atomic E-state index is -4.37. The van der Waals surface area contributed by atoms with E-state index in [9.17, 15) is 13.2 Å². The number of nitrogens with zero attached hydrogens (tertiary/aromatic N) is 2. The Hall–Kier alpha value is -1.13. The number of hydrogen-bond acceptors (Lipinski definition) is 2. The number of alkyl halides is 3. The van der Waals surface area contributed by atoms with Gasteiger partial charge in [0, 0.05) is 11.8 Å². The van der Waals surface area contributed by atoms with E-state index in [2.05, 4.69) is 9.97 Å². The summed E-state index contributed by atoms with van der Waals surface area (Å²) >= 11 is 0. The Balaban J connectivity index is 2.48. The summed E-state index contributed by atoms with van der Waals surface area (Å²) in [6, 6.07) is 0. The molecule has 0 N–H and O–H groups in total. The van der Waals surface area contributed by atoms with Crippen molar-refractivity contribution in [3.05, 3.63) is 23.8 Å². The van der Waals surface area contributed by atoms with Gasteiger partial charge in [-0.15, -0.1) is 0 Å². The summed E-state index contributed by atoms with van der Waals surface area (Å²) in [5.74, 6) is 0. The maximum atomic E-state index is 12.7. The number of rotatable bonds is 2. The van der Waals surface area contributed by atoms with Gasteiger partial charge in [-0.1, -0.05) is 6.92 Å². The summed E-state index contributed by atoms with van der Waals surface area (Å²) in [6.07, 6.45) is 0.219. The molecule has 5 heteroatoms. The first-order valence-corrected chi connectivity index (χ1v) is 4.87. The number of aromatic nitrogens is 2. The third-order valence-corrected chi connectivity index (χ3v) is 3.08. The van der Waals surface area contributed by atoms with Gasteiger partial charge in [0.1, 0.15) is 6.33 Å². The van der Waals surface area contributed by atoms with Crippen molar-refractivity contribution in [1.82, 2.24) is 9.97 Å². The molecule has 1 aromatic heterocycles. The predicted octanol–water partition coefficient (Wildman–Crippen LogP) is 2.94. The zero-order valence-electron chi connectivity index (χ0n) is 8.30. The van der Waals surface area contributed by atoms with Gasteiger partial charge in [0.05, 0.1) is 0 Å². The fourth-order valence-corrected chi connectivity index (χ4v) is 1.91. The van der Waals surface area contributed by atoms with Gasteiger partial charge in [-0.25, -0.2) is 9.97 Å². The Morgan fingerprint density at radius 2 is 2.07 bits per heavy atom. The van der Waals surface area contributed by atoms with Crippen molar-refractivity contribution >= 4 is 0 Å². The zero-order valence-corrected chi connectivity index (χ0v) is 8.30. The van der Waals surface area contributed by atoms with Crippen LogP contribution in [0.2, 0.25) is 0 Å². The molecule has 0 atom stereocenters. The SMILES string of the molecule is CCC1(c2cncnc2C(F)(F)F)CC1. The van der Waals surface area contributed by atoms with E-state index in [1.165, 1.54) is 6.20 Å². The average Bonchev–Trinajstić information content (AvgIpc) is 2.97. The Kier molecular flexibility index (Phi) is 2.20. The molecule has 2 rings (SSSR count). The highest BCUT2D eigenvalue weighted by Gasteiger charge is 2.49. The van der Waals surface area contributed by atoms with Crippen LogP contribution < -0.4 is 0 Å². The average molecular weight is 216 g/mol. The predicted molar refractivity (Wildman–Crippen MR) is 48.2 cm³/mol. The van der Waals surface area contributed by atoms with E-state index in [0.717, 1.165) is 19.2 Å². The van der Waals surface area contributed by atoms with Crippen LogP contribution in [0.15, 0.2) is 12.5 Å². The van der Waals surface area contributed by atoms with Gasteiger partial charge in [0.2, 0.25) is 0 Å². The van der Waals surface area contributed by atoms with E-state index in [0.29, 0.717) is 6.42 Å². The van der Waals surface area contributed by atoms with Crippen LogP contribution in [0.5, 0.6) is 0 Å². The third-order valence-electron chi connectivity index (χ3n) is 3.08. The molecule has 0 radical (unpaired) electrons. The maximum absolute atomic E-state index is 12.7. The molecule has 1 fully saturated rings. The highest BCUT2D eigenvalue weighted by Crippen LogP contribution is 2.53. The summed E-state index contributed by atoms with van der Waals surface area (Å²) in [5.41, 5.74) is -0.816. The summed E-state index contributed by atoms with van der Waals surface area (Å²) < 4.78 is 38.0. The molecule has 1 aromatic rings. The van der Waals surface area contributed by atoms with Crippen LogP contribution >= 0.6 is 0 Å². The molecule has 0 saturated heterocycles. The van der Waals surface area contributed by atoms with Crippen molar-refractivity contribution in [3.63, 3.8) is 0 Å². The van der Waals surface area contributed by atoms with Gasteiger partial charge in [-0.05, 0) is 24.7 Å². The zero-order chi connectivity index (χ0) is 11.1. The Morgan fingerprint density at radius 1 is 1.40 bits per heavy atom. The van der Waals surface area contributed by atoms with Crippen LogP contribution in [0.4, 0.5) is 13.2 Å². The minimum Gasteiger partial charge on any atom is -0.244 e. The second kappa shape index (κ2) is 3.18. The Labute approximate surface area is 85.6 Å². The van der Waals surface area contributed by atoms with Crippen molar-refractivity contribution in [2.45, 2.75) is 37.8 Å². The van der Waals surface area contributed by atoms with Crippen LogP contribution in [-0.2, 0) is 11.6 Å². The minimum absolute atomic E-state index is 0.264. The monoisotopic (exact) mass is 216 g/mol. The molecule has 0 aliphatic heterocycles. The van der Waals surface area contributed by atoms with Crippen LogP contribution in [0.3, 0.4) is 0 Å². The van der Waals surface area contributed by atoms with E-state index in [1.54, 1.807) is 0 Å². The van der Waals surface area contributed by atoms with E-state index in [4.69, 9.17) is 0 Å². The largest absolute Gasteiger partial charge is 0.433 e. The van der Waals surface area contributed by atoms with E-state index < -0.39 is 11.9 Å². The number of hydrogen-bond donors (Lipinski definition) is 0. The van der Waals surface area contributed by atoms with Crippen LogP contribution in [-0.4, -0.2) is 9.97 Å². The highest BCUT2D eigenvalue weighted by atomic mass is 19.4. The molecule has 1 aliphatic carbocycles. The standard InChI is InChI=1S/C10H11F3N2/c1-2-9(3-4-9)7-5-14-6-15-8(7)10(11,12)13/h5-6H,2-4H2,1H3. The molecule has 0 unspecified atom stereocenters. The molecule has 0 amide bonds. The summed E-state index contributed by atoms with van der Waals surface area (Å²) in [7, 11) is 0. The molecule has 1 aliphatic rings. The quantitative estimate of drug-likeness (QED) is 0.759. The molecule has 0 aromatic carbocycles. The van der Waals surface area contributed by atoms with Crippen molar-refractivity contribution in [2.24, 2.45) is 0 Å². The second-order valence-corrected chi connectivity index (χ2v) is 3.92. The van der Waals surface area contributed by atoms with E-state index >= 15 is 0 Å². The normalized spacial score (nSPS) is 18.9. The van der Waals surface area contributed by atoms with E-state index in [1.807, 2.05) is 6.92 Å². The van der Waals surface area contributed by atoms with Gasteiger partial charge >= 0.3 is 6.18 Å². The molecular formula is C10H11F3N2. The maximum Gasteiger partial charge on any atom is 0.433 e. The molecular weight excluding hydrogens is 205 g/mol. The number of halogens is 3. The molecule has 2 nitrogen and oxygen atoms in total. The van der Waals surface area contributed by atoms with Crippen LogP contribution in [0, 0.1) is 0 Å². The van der Waals surface area contributed by atoms with Gasteiger partial charge in [-0.3, -0.25) is 0 Å². The van der Waals surface area contributed by atoms with Gasteiger partial charge in [0.15, 0.2) is 5.69 Å². The molecule has 82 valence electrons. The fourth-order valence-electron chi connectivity index (χ4n) is 1.91. The van der Waals surface area contributed by atoms with Crippen molar-refractivity contribution in [1.29, 1.82) is 0 Å². The smallest absolute Gasteiger partial charge is 0.244 e. The van der Waals surface area contributed by atoms with Crippen molar-refractivity contribution in [3.8, 4) is 0 Å². The second-order valence-electron chi connectivity index (χ2n) is 3.92. The lowest BCUT2D eigenvalue weighted by Crippen LogP contribution is -2.18. The van der Waals surface area contributed by atoms with Crippen LogP contribution in [0.25, 0.3) is 0 Å². The molecule has 0 bridgehead atoms. The summed E-state index contributed by atoms with van der Waals surface area (Å²) in [6.45, 7) is 1.90. The lowest BCUT2D eigenvalue weighted by Gasteiger charge is -2.17. The Morgan fingerprint density at radius 3 is 2.53 bits per heavy atom. The first kappa shape index (κ1) is 10.4. The summed E-state index contributed by atoms with van der Waals surface area (Å²) in [5, 5.41) is 0. The van der Waals surface area contributed by atoms with Crippen molar-refractivity contribution < 1.29 is 13.2 Å². The third kappa shape index (κ3) is 1.70. The highest BCUT2D eigenvalue weighted by molar-refractivity contribution is 5.33. The lowest BCUT2D eigenvalue weighted by atomic mass is 9.93. The first-order valence-electron chi connectivity index (χ1n) is 4.87. The van der Waals surface area contributed by atoms with Gasteiger partial charge in [0.25, 0.3) is 0 Å². The molecule has 1 heterocycles. The van der Waals surface area contributed by atoms with E-state index in [-0.39, 0.29) is 11.0 Å². The molecule has 0 spiro atoms. The molecule has 1 saturated carbocycles. The first-order chi connectivity index (χ1) is 6.99. The Bertz CT molecular complexity index is 369. The van der Waals surface area contributed by atoms with Gasteiger partial charge < -0.3 is 0 Å². The lowest BCUT2D eigenvalue weighted by molar-refractivity contribution is -0.142. The fraction of sp³-hybridized carbons (Fsp3) is 0.600. The van der Waals surface area contributed by atoms with Crippen LogP contribution in [0.1, 0.15) is 37.4 Å². The van der Waals surface area contributed by atoms with Gasteiger partial charge in [-0.2, -0.15) is 13.2 Å². The topological polar surface area (TPSA) is 25.8 Å². The van der Waals surface area contributed by atoms with Crippen molar-refractivity contribution in [2.75, 3.05) is 0 Å².